The zero-order chi connectivity index (χ0) is 19.2. The number of hydrazone groups is 1. The van der Waals surface area contributed by atoms with Gasteiger partial charge in [-0.05, 0) is 36.8 Å². The number of carbonyl (C=O) groups excluding carboxylic acids is 1. The number of phenolic OH excluding ortho intramolecular Hbond substituents is 1. The van der Waals surface area contributed by atoms with Gasteiger partial charge in [0.05, 0.1) is 17.0 Å². The second kappa shape index (κ2) is 8.64. The highest BCUT2D eigenvalue weighted by Crippen LogP contribution is 2.26. The van der Waals surface area contributed by atoms with Crippen LogP contribution in [-0.4, -0.2) is 27.5 Å². The number of aromatic nitrogens is 1. The molecule has 0 radical (unpaired) electrons. The van der Waals surface area contributed by atoms with Gasteiger partial charge in [0.25, 0.3) is 0 Å². The molecule has 0 spiro atoms. The minimum Gasteiger partial charge on any atom is -0.507 e. The van der Waals surface area contributed by atoms with Gasteiger partial charge in [-0.25, -0.2) is 9.82 Å². The fraction of sp³-hybridized carbons (Fsp3) is 0.150. The average molecular weight is 383 g/mol. The molecule has 2 N–H and O–H groups in total. The second-order valence-corrected chi connectivity index (χ2v) is 6.75. The standard InChI is InChI=1S/C20H18FN3O2S/c1-2-16(15-11-14(21)8-9-17(15)25)23-24-19(26)12-27-18-7-3-5-13-6-4-10-22-20(13)18/h3-11,25H,2,12H2,1H3,(H,24,26)/b23-16+. The van der Waals surface area contributed by atoms with E-state index in [1.807, 2.05) is 37.3 Å². The summed E-state index contributed by atoms with van der Waals surface area (Å²) in [5.74, 6) is -0.697. The summed E-state index contributed by atoms with van der Waals surface area (Å²) in [6, 6.07) is 13.3. The number of aromatic hydroxyl groups is 1. The van der Waals surface area contributed by atoms with Crippen LogP contribution in [0.25, 0.3) is 10.9 Å². The first-order valence-electron chi connectivity index (χ1n) is 8.39. The summed E-state index contributed by atoms with van der Waals surface area (Å²) in [6.07, 6.45) is 2.15. The van der Waals surface area contributed by atoms with Gasteiger partial charge in [-0.1, -0.05) is 25.1 Å². The number of pyridine rings is 1. The first kappa shape index (κ1) is 18.8. The van der Waals surface area contributed by atoms with E-state index in [1.54, 1.807) is 6.20 Å². The molecule has 0 unspecified atom stereocenters. The van der Waals surface area contributed by atoms with Crippen molar-refractivity contribution in [2.75, 3.05) is 5.75 Å². The Balaban J connectivity index is 1.68. The lowest BCUT2D eigenvalue weighted by Crippen LogP contribution is -2.21. The van der Waals surface area contributed by atoms with Gasteiger partial charge in [0.1, 0.15) is 11.6 Å². The summed E-state index contributed by atoms with van der Waals surface area (Å²) < 4.78 is 13.4. The summed E-state index contributed by atoms with van der Waals surface area (Å²) in [4.78, 5) is 17.4. The lowest BCUT2D eigenvalue weighted by atomic mass is 10.1. The van der Waals surface area contributed by atoms with Crippen molar-refractivity contribution in [2.45, 2.75) is 18.2 Å². The van der Waals surface area contributed by atoms with Crippen LogP contribution in [0, 0.1) is 5.82 Å². The number of hydrogen-bond acceptors (Lipinski definition) is 5. The number of halogens is 1. The van der Waals surface area contributed by atoms with E-state index in [9.17, 15) is 14.3 Å². The van der Waals surface area contributed by atoms with Gasteiger partial charge in [0.15, 0.2) is 0 Å². The molecule has 0 fully saturated rings. The van der Waals surface area contributed by atoms with Gasteiger partial charge < -0.3 is 5.11 Å². The molecule has 3 aromatic rings. The SMILES string of the molecule is CC/C(=N\NC(=O)CSc1cccc2cccnc12)c1cc(F)ccc1O. The van der Waals surface area contributed by atoms with Crippen molar-refractivity contribution in [2.24, 2.45) is 5.10 Å². The topological polar surface area (TPSA) is 74.6 Å². The van der Waals surface area contributed by atoms with Gasteiger partial charge >= 0.3 is 0 Å². The normalized spacial score (nSPS) is 11.6. The van der Waals surface area contributed by atoms with E-state index in [2.05, 4.69) is 15.5 Å². The van der Waals surface area contributed by atoms with E-state index in [1.165, 1.54) is 30.0 Å². The molecule has 0 aliphatic heterocycles. The zero-order valence-electron chi connectivity index (χ0n) is 14.6. The van der Waals surface area contributed by atoms with E-state index >= 15 is 0 Å². The molecule has 27 heavy (non-hydrogen) atoms. The highest BCUT2D eigenvalue weighted by Gasteiger charge is 2.11. The van der Waals surface area contributed by atoms with Crippen LogP contribution in [0.15, 0.2) is 64.7 Å². The number of nitrogens with zero attached hydrogens (tertiary/aromatic N) is 2. The lowest BCUT2D eigenvalue weighted by molar-refractivity contribution is -0.118. The number of fused-ring (bicyclic) bond motifs is 1. The number of hydrogen-bond donors (Lipinski definition) is 2. The minimum atomic E-state index is -0.478. The van der Waals surface area contributed by atoms with Crippen molar-refractivity contribution < 1.29 is 14.3 Å². The van der Waals surface area contributed by atoms with Crippen molar-refractivity contribution in [3.8, 4) is 5.75 Å². The molecule has 1 amide bonds. The quantitative estimate of drug-likeness (QED) is 0.382. The van der Waals surface area contributed by atoms with Crippen LogP contribution < -0.4 is 5.43 Å². The van der Waals surface area contributed by atoms with Gasteiger partial charge in [0.2, 0.25) is 5.91 Å². The second-order valence-electron chi connectivity index (χ2n) is 5.73. The summed E-state index contributed by atoms with van der Waals surface area (Å²) in [6.45, 7) is 1.81. The fourth-order valence-corrected chi connectivity index (χ4v) is 3.40. The minimum absolute atomic E-state index is 0.0811. The Morgan fingerprint density at radius 1 is 1.26 bits per heavy atom. The maximum atomic E-state index is 13.4. The van der Waals surface area contributed by atoms with Crippen molar-refractivity contribution in [1.29, 1.82) is 0 Å². The molecule has 5 nitrogen and oxygen atoms in total. The highest BCUT2D eigenvalue weighted by molar-refractivity contribution is 8.00. The Labute approximate surface area is 160 Å². The van der Waals surface area contributed by atoms with Crippen molar-refractivity contribution in [3.05, 3.63) is 66.1 Å². The number of thioether (sulfide) groups is 1. The first-order valence-corrected chi connectivity index (χ1v) is 9.38. The highest BCUT2D eigenvalue weighted by atomic mass is 32.2. The van der Waals surface area contributed by atoms with E-state index in [0.29, 0.717) is 12.1 Å². The molecule has 2 aromatic carbocycles. The molecule has 0 aliphatic rings. The number of nitrogens with one attached hydrogen (secondary N) is 1. The number of phenols is 1. The third-order valence-electron chi connectivity index (χ3n) is 3.87. The van der Waals surface area contributed by atoms with E-state index in [-0.39, 0.29) is 23.0 Å². The van der Waals surface area contributed by atoms with Crippen LogP contribution in [0.3, 0.4) is 0 Å². The van der Waals surface area contributed by atoms with Crippen LogP contribution in [0.4, 0.5) is 4.39 Å². The number of rotatable bonds is 6. The molecule has 7 heteroatoms. The molecule has 1 aromatic heterocycles. The molecule has 0 atom stereocenters. The molecular formula is C20H18FN3O2S. The fourth-order valence-electron chi connectivity index (χ4n) is 2.57. The third-order valence-corrected chi connectivity index (χ3v) is 4.92. The molecule has 0 bridgehead atoms. The molecule has 0 saturated carbocycles. The summed E-state index contributed by atoms with van der Waals surface area (Å²) in [5.41, 5.74) is 3.99. The monoisotopic (exact) mass is 383 g/mol. The molecule has 138 valence electrons. The van der Waals surface area contributed by atoms with Crippen LogP contribution >= 0.6 is 11.8 Å². The lowest BCUT2D eigenvalue weighted by Gasteiger charge is -2.08. The first-order chi connectivity index (χ1) is 13.1. The van der Waals surface area contributed by atoms with Gasteiger partial charge in [-0.15, -0.1) is 11.8 Å². The van der Waals surface area contributed by atoms with Gasteiger partial charge in [-0.2, -0.15) is 5.10 Å². The Hall–Kier alpha value is -2.93. The molecule has 1 heterocycles. The third kappa shape index (κ3) is 4.62. The van der Waals surface area contributed by atoms with Crippen molar-refractivity contribution in [3.63, 3.8) is 0 Å². The Bertz CT molecular complexity index is 1000. The summed E-state index contributed by atoms with van der Waals surface area (Å²) >= 11 is 1.37. The molecule has 0 saturated heterocycles. The predicted octanol–water partition coefficient (Wildman–Crippen LogP) is 4.10. The predicted molar refractivity (Wildman–Crippen MR) is 106 cm³/mol. The molecule has 3 rings (SSSR count). The average Bonchev–Trinajstić information content (AvgIpc) is 2.69. The Morgan fingerprint density at radius 3 is 2.89 bits per heavy atom. The maximum Gasteiger partial charge on any atom is 0.250 e. The van der Waals surface area contributed by atoms with Crippen molar-refractivity contribution >= 4 is 34.3 Å². The number of para-hydroxylation sites is 1. The largest absolute Gasteiger partial charge is 0.507 e. The number of carbonyl (C=O) groups is 1. The van der Waals surface area contributed by atoms with Crippen LogP contribution in [0.1, 0.15) is 18.9 Å². The Morgan fingerprint density at radius 2 is 2.07 bits per heavy atom. The number of benzene rings is 2. The van der Waals surface area contributed by atoms with Crippen LogP contribution in [-0.2, 0) is 4.79 Å². The summed E-state index contributed by atoms with van der Waals surface area (Å²) in [5, 5.41) is 14.9. The van der Waals surface area contributed by atoms with Gasteiger partial charge in [0, 0.05) is 22.0 Å². The van der Waals surface area contributed by atoms with Crippen LogP contribution in [0.5, 0.6) is 5.75 Å². The van der Waals surface area contributed by atoms with E-state index < -0.39 is 5.82 Å². The zero-order valence-corrected chi connectivity index (χ0v) is 15.5. The Kier molecular flexibility index (Phi) is 6.03. The van der Waals surface area contributed by atoms with E-state index in [0.717, 1.165) is 15.8 Å². The van der Waals surface area contributed by atoms with Crippen LogP contribution in [0.2, 0.25) is 0 Å². The van der Waals surface area contributed by atoms with E-state index in [4.69, 9.17) is 0 Å². The van der Waals surface area contributed by atoms with Gasteiger partial charge in [-0.3, -0.25) is 9.78 Å². The molecular weight excluding hydrogens is 365 g/mol. The number of amides is 1. The van der Waals surface area contributed by atoms with Crippen molar-refractivity contribution in [1.82, 2.24) is 10.4 Å². The smallest absolute Gasteiger partial charge is 0.250 e. The molecule has 0 aliphatic carbocycles. The maximum absolute atomic E-state index is 13.4. The summed E-state index contributed by atoms with van der Waals surface area (Å²) in [7, 11) is 0.